The molecule has 1 saturated carbocycles. The van der Waals surface area contributed by atoms with E-state index >= 15 is 0 Å². The molecule has 7 nitrogen and oxygen atoms in total. The zero-order chi connectivity index (χ0) is 17.7. The van der Waals surface area contributed by atoms with E-state index in [4.69, 9.17) is 9.47 Å². The Kier molecular flexibility index (Phi) is 4.26. The number of ether oxygens (including phenoxy) is 2. The molecule has 0 bridgehead atoms. The first-order valence-corrected chi connectivity index (χ1v) is 8.01. The van der Waals surface area contributed by atoms with Gasteiger partial charge in [0, 0.05) is 5.41 Å². The zero-order valence-electron chi connectivity index (χ0n) is 14.1. The molecule has 4 N–H and O–H groups in total. The second kappa shape index (κ2) is 5.86. The molecule has 3 unspecified atom stereocenters. The van der Waals surface area contributed by atoms with Gasteiger partial charge in [0.05, 0.1) is 26.4 Å². The molecule has 24 heavy (non-hydrogen) atoms. The molecule has 0 aromatic heterocycles. The summed E-state index contributed by atoms with van der Waals surface area (Å²) in [5.41, 5.74) is 0.129. The van der Waals surface area contributed by atoms with Crippen LogP contribution in [0.1, 0.15) is 18.4 Å². The highest BCUT2D eigenvalue weighted by atomic mass is 16.5. The van der Waals surface area contributed by atoms with Crippen molar-refractivity contribution in [3.05, 3.63) is 23.8 Å². The Balaban J connectivity index is 2.13. The number of hydrogen-bond donors (Lipinski definition) is 4. The summed E-state index contributed by atoms with van der Waals surface area (Å²) < 4.78 is 10.6. The summed E-state index contributed by atoms with van der Waals surface area (Å²) in [5, 5.41) is 41.5. The number of hydrogen-bond acceptors (Lipinski definition) is 7. The van der Waals surface area contributed by atoms with E-state index in [-0.39, 0.29) is 6.42 Å². The van der Waals surface area contributed by atoms with E-state index < -0.39 is 29.5 Å². The fourth-order valence-corrected chi connectivity index (χ4v) is 4.50. The van der Waals surface area contributed by atoms with Crippen molar-refractivity contribution >= 4 is 0 Å². The third kappa shape index (κ3) is 2.31. The standard InChI is InChI=1S/C17H25NO6/c1-18-7-6-16(9-11(19)14(20)17(21,22)15(16)18)10-4-5-12(23-2)13(8-10)24-3/h4-5,8,11,14-15,19-22H,6-7,9H2,1-3H3/t11?,14?,15?,16-/m1/s1. The molecule has 7 heteroatoms. The summed E-state index contributed by atoms with van der Waals surface area (Å²) in [7, 11) is 4.88. The normalized spacial score (nSPS) is 35.5. The van der Waals surface area contributed by atoms with Crippen LogP contribution in [0.2, 0.25) is 0 Å². The number of aliphatic hydroxyl groups is 4. The number of fused-ring (bicyclic) bond motifs is 1. The Labute approximate surface area is 141 Å². The minimum absolute atomic E-state index is 0.238. The number of aliphatic hydroxyl groups excluding tert-OH is 2. The molecule has 0 radical (unpaired) electrons. The minimum atomic E-state index is -2.41. The van der Waals surface area contributed by atoms with Crippen LogP contribution in [0, 0.1) is 0 Å². The van der Waals surface area contributed by atoms with Crippen LogP contribution in [0.25, 0.3) is 0 Å². The highest BCUT2D eigenvalue weighted by molar-refractivity contribution is 5.47. The molecule has 2 aliphatic rings. The van der Waals surface area contributed by atoms with Crippen molar-refractivity contribution in [2.24, 2.45) is 0 Å². The fraction of sp³-hybridized carbons (Fsp3) is 0.647. The molecular formula is C17H25NO6. The number of benzene rings is 1. The molecule has 1 saturated heterocycles. The molecule has 2 fully saturated rings. The van der Waals surface area contributed by atoms with Crippen LogP contribution in [0.4, 0.5) is 0 Å². The van der Waals surface area contributed by atoms with Gasteiger partial charge in [-0.25, -0.2) is 0 Å². The summed E-state index contributed by atoms with van der Waals surface area (Å²) in [6, 6.07) is 4.70. The first-order chi connectivity index (χ1) is 11.3. The van der Waals surface area contributed by atoms with Crippen molar-refractivity contribution in [2.45, 2.75) is 42.3 Å². The zero-order valence-corrected chi connectivity index (χ0v) is 14.1. The van der Waals surface area contributed by atoms with Gasteiger partial charge in [-0.3, -0.25) is 4.90 Å². The topological polar surface area (TPSA) is 103 Å². The lowest BCUT2D eigenvalue weighted by Gasteiger charge is -2.52. The summed E-state index contributed by atoms with van der Waals surface area (Å²) >= 11 is 0. The fourth-order valence-electron chi connectivity index (χ4n) is 4.50. The van der Waals surface area contributed by atoms with Crippen LogP contribution >= 0.6 is 0 Å². The number of likely N-dealkylation sites (tertiary alicyclic amines) is 1. The summed E-state index contributed by atoms with van der Waals surface area (Å²) in [6.45, 7) is 0.626. The van der Waals surface area contributed by atoms with E-state index in [9.17, 15) is 20.4 Å². The van der Waals surface area contributed by atoms with Crippen LogP contribution in [0.5, 0.6) is 11.5 Å². The number of methoxy groups -OCH3 is 2. The van der Waals surface area contributed by atoms with Crippen LogP contribution < -0.4 is 9.47 Å². The van der Waals surface area contributed by atoms with Gasteiger partial charge in [-0.15, -0.1) is 0 Å². The Morgan fingerprint density at radius 2 is 1.79 bits per heavy atom. The van der Waals surface area contributed by atoms with Crippen molar-refractivity contribution in [1.82, 2.24) is 4.90 Å². The van der Waals surface area contributed by atoms with E-state index in [0.717, 1.165) is 5.56 Å². The van der Waals surface area contributed by atoms with Gasteiger partial charge >= 0.3 is 0 Å². The maximum absolute atomic E-state index is 10.6. The van der Waals surface area contributed by atoms with Gasteiger partial charge < -0.3 is 29.9 Å². The van der Waals surface area contributed by atoms with Gasteiger partial charge in [0.2, 0.25) is 5.79 Å². The maximum Gasteiger partial charge on any atom is 0.209 e. The van der Waals surface area contributed by atoms with E-state index in [2.05, 4.69) is 0 Å². The van der Waals surface area contributed by atoms with Gasteiger partial charge in [0.15, 0.2) is 11.5 Å². The Bertz CT molecular complexity index is 621. The summed E-state index contributed by atoms with van der Waals surface area (Å²) in [4.78, 5) is 1.83. The third-order valence-corrected chi connectivity index (χ3v) is 5.61. The smallest absolute Gasteiger partial charge is 0.209 e. The highest BCUT2D eigenvalue weighted by Gasteiger charge is 2.64. The Morgan fingerprint density at radius 3 is 2.42 bits per heavy atom. The minimum Gasteiger partial charge on any atom is -0.493 e. The average Bonchev–Trinajstić information content (AvgIpc) is 2.90. The molecule has 1 heterocycles. The van der Waals surface area contributed by atoms with Crippen molar-refractivity contribution < 1.29 is 29.9 Å². The van der Waals surface area contributed by atoms with E-state index in [1.165, 1.54) is 0 Å². The van der Waals surface area contributed by atoms with Gasteiger partial charge in [0.1, 0.15) is 6.10 Å². The van der Waals surface area contributed by atoms with Crippen LogP contribution in [-0.2, 0) is 5.41 Å². The predicted molar refractivity (Wildman–Crippen MR) is 86.1 cm³/mol. The Hall–Kier alpha value is -1.38. The monoisotopic (exact) mass is 339 g/mol. The lowest BCUT2D eigenvalue weighted by molar-refractivity contribution is -0.299. The molecule has 134 valence electrons. The third-order valence-electron chi connectivity index (χ3n) is 5.61. The molecule has 1 aliphatic heterocycles. The Morgan fingerprint density at radius 1 is 1.12 bits per heavy atom. The second-order valence-corrected chi connectivity index (χ2v) is 6.86. The molecule has 1 aromatic rings. The first-order valence-electron chi connectivity index (χ1n) is 8.01. The van der Waals surface area contributed by atoms with Crippen molar-refractivity contribution in [3.63, 3.8) is 0 Å². The number of nitrogens with zero attached hydrogens (tertiary/aromatic N) is 1. The lowest BCUT2D eigenvalue weighted by atomic mass is 9.62. The first kappa shape index (κ1) is 17.4. The van der Waals surface area contributed by atoms with Crippen molar-refractivity contribution in [1.29, 1.82) is 0 Å². The molecule has 0 amide bonds. The van der Waals surface area contributed by atoms with Crippen molar-refractivity contribution in [2.75, 3.05) is 27.8 Å². The van der Waals surface area contributed by atoms with E-state index in [0.29, 0.717) is 24.5 Å². The van der Waals surface area contributed by atoms with Crippen LogP contribution in [0.15, 0.2) is 18.2 Å². The quantitative estimate of drug-likeness (QED) is 0.548. The molecule has 3 rings (SSSR count). The van der Waals surface area contributed by atoms with Gasteiger partial charge in [-0.2, -0.15) is 0 Å². The molecule has 1 aliphatic carbocycles. The average molecular weight is 339 g/mol. The highest BCUT2D eigenvalue weighted by Crippen LogP contribution is 2.52. The maximum atomic E-state index is 10.6. The summed E-state index contributed by atoms with van der Waals surface area (Å²) in [5.74, 6) is -1.29. The van der Waals surface area contributed by atoms with Gasteiger partial charge in [-0.05, 0) is 44.1 Å². The van der Waals surface area contributed by atoms with Crippen LogP contribution in [-0.4, -0.2) is 77.2 Å². The SMILES string of the molecule is COc1ccc([C@]23CCN(C)C2C(O)(O)C(O)C(O)C3)cc1OC. The second-order valence-electron chi connectivity index (χ2n) is 6.86. The van der Waals surface area contributed by atoms with Gasteiger partial charge in [-0.1, -0.05) is 6.07 Å². The predicted octanol–water partition coefficient (Wildman–Crippen LogP) is -0.548. The summed E-state index contributed by atoms with van der Waals surface area (Å²) in [6.07, 6.45) is -1.97. The van der Waals surface area contributed by atoms with Gasteiger partial charge in [0.25, 0.3) is 0 Å². The van der Waals surface area contributed by atoms with Crippen molar-refractivity contribution in [3.8, 4) is 11.5 Å². The van der Waals surface area contributed by atoms with Crippen LogP contribution in [0.3, 0.4) is 0 Å². The molecular weight excluding hydrogens is 314 g/mol. The number of likely N-dealkylation sites (N-methyl/N-ethyl adjacent to an activating group) is 1. The molecule has 4 atom stereocenters. The van der Waals surface area contributed by atoms with E-state index in [1.54, 1.807) is 27.3 Å². The van der Waals surface area contributed by atoms with E-state index in [1.807, 2.05) is 17.0 Å². The lowest BCUT2D eigenvalue weighted by Crippen LogP contribution is -2.70. The molecule has 0 spiro atoms. The largest absolute Gasteiger partial charge is 0.493 e. The molecule has 1 aromatic carbocycles. The number of rotatable bonds is 3.